The zero-order chi connectivity index (χ0) is 11.4. The molecule has 0 saturated carbocycles. The molecule has 1 aromatic carbocycles. The average molecular weight is 229 g/mol. The van der Waals surface area contributed by atoms with Gasteiger partial charge in [-0.15, -0.1) is 0 Å². The fourth-order valence-corrected chi connectivity index (χ4v) is 1.65. The molecule has 0 saturated heterocycles. The highest BCUT2D eigenvalue weighted by molar-refractivity contribution is 7.79. The number of nitro benzene ring substituents is 1. The van der Waals surface area contributed by atoms with Crippen LogP contribution in [-0.2, 0) is 17.5 Å². The number of aryl methyl sites for hydroxylation is 2. The molecule has 1 N–H and O–H groups in total. The van der Waals surface area contributed by atoms with Crippen molar-refractivity contribution >= 4 is 16.8 Å². The van der Waals surface area contributed by atoms with Gasteiger partial charge in [0.05, 0.1) is 10.7 Å². The van der Waals surface area contributed by atoms with Gasteiger partial charge in [0.1, 0.15) is 0 Å². The van der Waals surface area contributed by atoms with Gasteiger partial charge in [0.25, 0.3) is 5.69 Å². The van der Waals surface area contributed by atoms with Crippen molar-refractivity contribution in [2.75, 3.05) is 5.75 Å². The van der Waals surface area contributed by atoms with Gasteiger partial charge in [-0.3, -0.25) is 10.1 Å². The van der Waals surface area contributed by atoms with Crippen molar-refractivity contribution in [1.82, 2.24) is 0 Å². The molecule has 6 heteroatoms. The molecule has 0 heterocycles. The molecule has 0 aliphatic heterocycles. The molecule has 0 fully saturated rings. The van der Waals surface area contributed by atoms with E-state index in [1.807, 2.05) is 0 Å². The van der Waals surface area contributed by atoms with E-state index in [9.17, 15) is 14.3 Å². The lowest BCUT2D eigenvalue weighted by molar-refractivity contribution is -0.385. The predicted molar refractivity (Wildman–Crippen MR) is 57.2 cm³/mol. The first-order valence-corrected chi connectivity index (χ1v) is 5.59. The number of hydrogen-bond donors (Lipinski definition) is 1. The lowest BCUT2D eigenvalue weighted by Crippen LogP contribution is -2.02. The van der Waals surface area contributed by atoms with Gasteiger partial charge in [0, 0.05) is 11.6 Å². The summed E-state index contributed by atoms with van der Waals surface area (Å²) in [5.74, 6) is 0.0178. The summed E-state index contributed by atoms with van der Waals surface area (Å²) in [7, 11) is 0. The van der Waals surface area contributed by atoms with Crippen LogP contribution in [0.25, 0.3) is 0 Å². The van der Waals surface area contributed by atoms with Crippen LogP contribution < -0.4 is 0 Å². The summed E-state index contributed by atoms with van der Waals surface area (Å²) < 4.78 is 19.1. The molecule has 5 nitrogen and oxygen atoms in total. The fraction of sp³-hybridized carbons (Fsp3) is 0.333. The maximum atomic E-state index is 10.7. The first kappa shape index (κ1) is 11.8. The molecule has 82 valence electrons. The van der Waals surface area contributed by atoms with E-state index in [4.69, 9.17) is 4.55 Å². The van der Waals surface area contributed by atoms with Crippen LogP contribution in [0.1, 0.15) is 11.1 Å². The Morgan fingerprint density at radius 1 is 1.53 bits per heavy atom. The van der Waals surface area contributed by atoms with Gasteiger partial charge in [-0.1, -0.05) is 12.1 Å². The third kappa shape index (κ3) is 3.41. The lowest BCUT2D eigenvalue weighted by atomic mass is 10.1. The quantitative estimate of drug-likeness (QED) is 0.483. The zero-order valence-corrected chi connectivity index (χ0v) is 8.99. The summed E-state index contributed by atoms with van der Waals surface area (Å²) in [5, 5.41) is 10.7. The molecule has 0 bridgehead atoms. The van der Waals surface area contributed by atoms with E-state index >= 15 is 0 Å². The largest absolute Gasteiger partial charge is 0.306 e. The highest BCUT2D eigenvalue weighted by Gasteiger charge is 2.13. The molecule has 0 amide bonds. The summed E-state index contributed by atoms with van der Waals surface area (Å²) >= 11 is -1.92. The maximum Gasteiger partial charge on any atom is 0.272 e. The number of hydrogen-bond acceptors (Lipinski definition) is 3. The van der Waals surface area contributed by atoms with Crippen LogP contribution in [-0.4, -0.2) is 19.4 Å². The predicted octanol–water partition coefficient (Wildman–Crippen LogP) is 1.67. The van der Waals surface area contributed by atoms with E-state index in [1.54, 1.807) is 19.1 Å². The van der Waals surface area contributed by atoms with Crippen molar-refractivity contribution < 1.29 is 13.7 Å². The molecule has 0 spiro atoms. The van der Waals surface area contributed by atoms with E-state index in [0.29, 0.717) is 5.56 Å². The van der Waals surface area contributed by atoms with E-state index < -0.39 is 16.0 Å². The van der Waals surface area contributed by atoms with E-state index in [-0.39, 0.29) is 17.9 Å². The van der Waals surface area contributed by atoms with Gasteiger partial charge in [-0.2, -0.15) is 0 Å². The summed E-state index contributed by atoms with van der Waals surface area (Å²) in [5.41, 5.74) is 1.31. The van der Waals surface area contributed by atoms with Crippen LogP contribution in [0, 0.1) is 17.0 Å². The molecule has 15 heavy (non-hydrogen) atoms. The molecule has 1 atom stereocenters. The summed E-state index contributed by atoms with van der Waals surface area (Å²) in [6, 6.07) is 4.85. The van der Waals surface area contributed by atoms with E-state index in [1.165, 1.54) is 6.07 Å². The molecule has 1 aromatic rings. The van der Waals surface area contributed by atoms with Crippen LogP contribution in [0.15, 0.2) is 18.2 Å². The summed E-state index contributed by atoms with van der Waals surface area (Å²) in [6.07, 6.45) is 0.236. The van der Waals surface area contributed by atoms with Crippen molar-refractivity contribution in [3.05, 3.63) is 39.4 Å². The van der Waals surface area contributed by atoms with Gasteiger partial charge < -0.3 is 4.55 Å². The summed E-state index contributed by atoms with van der Waals surface area (Å²) in [6.45, 7) is 1.76. The number of benzene rings is 1. The van der Waals surface area contributed by atoms with Crippen molar-refractivity contribution in [3.8, 4) is 0 Å². The fourth-order valence-electron chi connectivity index (χ4n) is 1.25. The van der Waals surface area contributed by atoms with Gasteiger partial charge in [0.2, 0.25) is 0 Å². The molecule has 0 aromatic heterocycles. The van der Waals surface area contributed by atoms with Gasteiger partial charge in [-0.05, 0) is 18.9 Å². The van der Waals surface area contributed by atoms with Crippen molar-refractivity contribution in [2.24, 2.45) is 0 Å². The minimum Gasteiger partial charge on any atom is -0.306 e. The smallest absolute Gasteiger partial charge is 0.272 e. The maximum absolute atomic E-state index is 10.7. The minimum atomic E-state index is -1.92. The average Bonchev–Trinajstić information content (AvgIpc) is 2.15. The Morgan fingerprint density at radius 2 is 2.20 bits per heavy atom. The van der Waals surface area contributed by atoms with Gasteiger partial charge in [0.15, 0.2) is 11.1 Å². The number of rotatable bonds is 4. The zero-order valence-electron chi connectivity index (χ0n) is 8.17. The SMILES string of the molecule is Cc1ccc(CCS(=O)O)c([N+](=O)[O-])c1. The Hall–Kier alpha value is -1.27. The van der Waals surface area contributed by atoms with Crippen molar-refractivity contribution in [2.45, 2.75) is 13.3 Å². The number of nitrogens with zero attached hydrogens (tertiary/aromatic N) is 1. The Balaban J connectivity index is 2.95. The van der Waals surface area contributed by atoms with Crippen LogP contribution >= 0.6 is 0 Å². The molecule has 0 aliphatic carbocycles. The third-order valence-corrected chi connectivity index (χ3v) is 2.54. The molecular formula is C9H11NO4S. The van der Waals surface area contributed by atoms with Crippen LogP contribution in [0.4, 0.5) is 5.69 Å². The van der Waals surface area contributed by atoms with Crippen LogP contribution in [0.3, 0.4) is 0 Å². The highest BCUT2D eigenvalue weighted by Crippen LogP contribution is 2.20. The minimum absolute atomic E-state index is 0.0143. The second-order valence-electron chi connectivity index (χ2n) is 3.16. The Labute approximate surface area is 89.6 Å². The lowest BCUT2D eigenvalue weighted by Gasteiger charge is -2.02. The first-order valence-electron chi connectivity index (χ1n) is 4.32. The van der Waals surface area contributed by atoms with Crippen LogP contribution in [0.5, 0.6) is 0 Å². The molecule has 1 rings (SSSR count). The van der Waals surface area contributed by atoms with Gasteiger partial charge >= 0.3 is 0 Å². The molecule has 0 radical (unpaired) electrons. The Bertz CT molecular complexity index is 405. The normalized spacial score (nSPS) is 12.4. The highest BCUT2D eigenvalue weighted by atomic mass is 32.2. The number of nitro groups is 1. The molecule has 1 unspecified atom stereocenters. The Kier molecular flexibility index (Phi) is 3.93. The first-order chi connectivity index (χ1) is 7.00. The molecular weight excluding hydrogens is 218 g/mol. The third-order valence-electron chi connectivity index (χ3n) is 1.98. The second-order valence-corrected chi connectivity index (χ2v) is 4.22. The summed E-state index contributed by atoms with van der Waals surface area (Å²) in [4.78, 5) is 10.2. The van der Waals surface area contributed by atoms with Crippen LogP contribution in [0.2, 0.25) is 0 Å². The topological polar surface area (TPSA) is 80.4 Å². The van der Waals surface area contributed by atoms with Gasteiger partial charge in [-0.25, -0.2) is 4.21 Å². The Morgan fingerprint density at radius 3 is 2.73 bits per heavy atom. The standard InChI is InChI=1S/C9H11NO4S/c1-7-2-3-8(4-5-15(13)14)9(6-7)10(11)12/h2-3,6H,4-5H2,1H3,(H,13,14). The van der Waals surface area contributed by atoms with Crippen molar-refractivity contribution in [1.29, 1.82) is 0 Å². The van der Waals surface area contributed by atoms with E-state index in [0.717, 1.165) is 5.56 Å². The monoisotopic (exact) mass is 229 g/mol. The van der Waals surface area contributed by atoms with E-state index in [2.05, 4.69) is 0 Å². The van der Waals surface area contributed by atoms with Crippen molar-refractivity contribution in [3.63, 3.8) is 0 Å². The second kappa shape index (κ2) is 4.99. The molecule has 0 aliphatic rings.